The molecule has 1 amide bonds. The van der Waals surface area contributed by atoms with E-state index in [0.29, 0.717) is 35.6 Å². The largest absolute Gasteiger partial charge is 0.492 e. The van der Waals surface area contributed by atoms with Crippen molar-refractivity contribution in [3.05, 3.63) is 42.5 Å². The van der Waals surface area contributed by atoms with Crippen LogP contribution >= 0.6 is 0 Å². The Hall–Kier alpha value is -3.28. The number of likely N-dealkylation sites (tertiary alicyclic amines) is 1. The van der Waals surface area contributed by atoms with E-state index in [0.717, 1.165) is 0 Å². The lowest BCUT2D eigenvalue weighted by molar-refractivity contribution is -0.0217. The SMILES string of the molecule is C[C@@]1(O)C[C@H](O)CN(C(=O)c2ccc(OCCN)cc2)C[C@H]1n1cnc2c(N)ncnc21. The van der Waals surface area contributed by atoms with E-state index in [1.54, 1.807) is 35.8 Å². The summed E-state index contributed by atoms with van der Waals surface area (Å²) in [5.74, 6) is 0.577. The fraction of sp³-hybridized carbons (Fsp3) is 0.429. The number of rotatable bonds is 5. The van der Waals surface area contributed by atoms with Crippen molar-refractivity contribution in [1.29, 1.82) is 0 Å². The van der Waals surface area contributed by atoms with Gasteiger partial charge in [0, 0.05) is 31.6 Å². The Bertz CT molecular complexity index is 1100. The van der Waals surface area contributed by atoms with Gasteiger partial charge in [0.15, 0.2) is 11.5 Å². The van der Waals surface area contributed by atoms with Crippen LogP contribution in [-0.4, -0.2) is 78.5 Å². The molecule has 0 unspecified atom stereocenters. The van der Waals surface area contributed by atoms with E-state index in [1.165, 1.54) is 17.6 Å². The number of carbonyl (C=O) groups excluding carboxylic acids is 1. The average Bonchev–Trinajstić information content (AvgIpc) is 3.14. The summed E-state index contributed by atoms with van der Waals surface area (Å²) in [5.41, 5.74) is 11.3. The highest BCUT2D eigenvalue weighted by Gasteiger charge is 2.42. The number of ether oxygens (including phenoxy) is 1. The number of hydrogen-bond acceptors (Lipinski definition) is 9. The van der Waals surface area contributed by atoms with E-state index in [1.807, 2.05) is 0 Å². The molecule has 0 saturated carbocycles. The summed E-state index contributed by atoms with van der Waals surface area (Å²) in [4.78, 5) is 27.3. The molecular formula is C21H27N7O4. The summed E-state index contributed by atoms with van der Waals surface area (Å²) in [6.07, 6.45) is 2.03. The fourth-order valence-corrected chi connectivity index (χ4v) is 4.12. The molecule has 0 aliphatic carbocycles. The van der Waals surface area contributed by atoms with Crippen molar-refractivity contribution in [2.45, 2.75) is 31.1 Å². The normalized spacial score (nSPS) is 23.8. The van der Waals surface area contributed by atoms with Gasteiger partial charge in [0.05, 0.1) is 24.1 Å². The van der Waals surface area contributed by atoms with Gasteiger partial charge in [-0.3, -0.25) is 4.79 Å². The highest BCUT2D eigenvalue weighted by molar-refractivity contribution is 5.94. The summed E-state index contributed by atoms with van der Waals surface area (Å²) in [6, 6.07) is 6.12. The molecule has 32 heavy (non-hydrogen) atoms. The molecule has 0 spiro atoms. The van der Waals surface area contributed by atoms with Crippen molar-refractivity contribution < 1.29 is 19.7 Å². The van der Waals surface area contributed by atoms with Gasteiger partial charge in [-0.2, -0.15) is 0 Å². The number of nitrogens with two attached hydrogens (primary N) is 2. The van der Waals surface area contributed by atoms with Gasteiger partial charge in [-0.05, 0) is 31.2 Å². The molecule has 1 aromatic carbocycles. The number of hydrogen-bond donors (Lipinski definition) is 4. The van der Waals surface area contributed by atoms with Gasteiger partial charge >= 0.3 is 0 Å². The molecule has 6 N–H and O–H groups in total. The zero-order valence-corrected chi connectivity index (χ0v) is 17.8. The smallest absolute Gasteiger partial charge is 0.254 e. The van der Waals surface area contributed by atoms with E-state index >= 15 is 0 Å². The zero-order valence-electron chi connectivity index (χ0n) is 17.8. The number of β-amino-alcohol motifs (C(OH)–C–C–N with tert-alkyl or cyclic N) is 1. The third-order valence-electron chi connectivity index (χ3n) is 5.69. The van der Waals surface area contributed by atoms with Gasteiger partial charge in [-0.1, -0.05) is 0 Å². The van der Waals surface area contributed by atoms with Crippen LogP contribution in [0.25, 0.3) is 11.2 Å². The monoisotopic (exact) mass is 441 g/mol. The number of aliphatic hydroxyl groups is 2. The number of imidazole rings is 1. The molecule has 3 heterocycles. The second-order valence-corrected chi connectivity index (χ2v) is 8.19. The van der Waals surface area contributed by atoms with Gasteiger partial charge in [-0.25, -0.2) is 15.0 Å². The van der Waals surface area contributed by atoms with Crippen molar-refractivity contribution in [3.63, 3.8) is 0 Å². The van der Waals surface area contributed by atoms with Gasteiger partial charge < -0.3 is 35.9 Å². The number of aromatic nitrogens is 4. The third-order valence-corrected chi connectivity index (χ3v) is 5.69. The van der Waals surface area contributed by atoms with Gasteiger partial charge in [0.2, 0.25) is 0 Å². The molecule has 1 aliphatic rings. The summed E-state index contributed by atoms with van der Waals surface area (Å²) < 4.78 is 7.15. The van der Waals surface area contributed by atoms with E-state index < -0.39 is 17.7 Å². The highest BCUT2D eigenvalue weighted by Crippen LogP contribution is 2.34. The molecule has 2 aromatic heterocycles. The molecule has 0 radical (unpaired) electrons. The van der Waals surface area contributed by atoms with Crippen LogP contribution in [0, 0.1) is 0 Å². The van der Waals surface area contributed by atoms with Crippen LogP contribution in [0.2, 0.25) is 0 Å². The minimum absolute atomic E-state index is 0.0769. The Kier molecular flexibility index (Phi) is 5.96. The maximum atomic E-state index is 13.3. The number of aliphatic hydroxyl groups excluding tert-OH is 1. The topological polar surface area (TPSA) is 166 Å². The van der Waals surface area contributed by atoms with Crippen molar-refractivity contribution in [1.82, 2.24) is 24.4 Å². The Morgan fingerprint density at radius 2 is 2.00 bits per heavy atom. The number of amides is 1. The first-order valence-corrected chi connectivity index (χ1v) is 10.4. The summed E-state index contributed by atoms with van der Waals surface area (Å²) in [7, 11) is 0. The number of nitrogens with zero attached hydrogens (tertiary/aromatic N) is 5. The molecule has 170 valence electrons. The molecule has 0 bridgehead atoms. The minimum atomic E-state index is -1.33. The van der Waals surface area contributed by atoms with Crippen molar-refractivity contribution in [2.24, 2.45) is 5.73 Å². The summed E-state index contributed by atoms with van der Waals surface area (Å²) in [5, 5.41) is 21.8. The molecule has 1 saturated heterocycles. The molecule has 3 aromatic rings. The van der Waals surface area contributed by atoms with E-state index in [9.17, 15) is 15.0 Å². The summed E-state index contributed by atoms with van der Waals surface area (Å²) in [6.45, 7) is 2.64. The summed E-state index contributed by atoms with van der Waals surface area (Å²) >= 11 is 0. The molecular weight excluding hydrogens is 414 g/mol. The second-order valence-electron chi connectivity index (χ2n) is 8.19. The van der Waals surface area contributed by atoms with Crippen molar-refractivity contribution in [3.8, 4) is 5.75 Å². The van der Waals surface area contributed by atoms with E-state index in [2.05, 4.69) is 15.0 Å². The van der Waals surface area contributed by atoms with Crippen molar-refractivity contribution in [2.75, 3.05) is 32.0 Å². The third kappa shape index (κ3) is 4.22. The standard InChI is InChI=1S/C21H27N7O4/c1-21(31)8-14(29)9-27(20(30)13-2-4-15(5-3-13)32-7-6-22)10-16(21)28-12-26-17-18(23)24-11-25-19(17)28/h2-5,11-12,14,16,29,31H,6-10,22H2,1H3,(H2,23,24,25)/t14-,16+,21+/m0/s1. The molecule has 1 aliphatic heterocycles. The van der Waals surface area contributed by atoms with Crippen LogP contribution in [0.5, 0.6) is 5.75 Å². The lowest BCUT2D eigenvalue weighted by Gasteiger charge is -2.34. The lowest BCUT2D eigenvalue weighted by atomic mass is 9.91. The number of benzene rings is 1. The zero-order chi connectivity index (χ0) is 22.9. The first-order chi connectivity index (χ1) is 15.3. The predicted octanol–water partition coefficient (Wildman–Crippen LogP) is -0.0549. The maximum Gasteiger partial charge on any atom is 0.254 e. The minimum Gasteiger partial charge on any atom is -0.492 e. The average molecular weight is 441 g/mol. The Morgan fingerprint density at radius 3 is 2.72 bits per heavy atom. The lowest BCUT2D eigenvalue weighted by Crippen LogP contribution is -2.42. The van der Waals surface area contributed by atoms with Crippen LogP contribution in [-0.2, 0) is 0 Å². The fourth-order valence-electron chi connectivity index (χ4n) is 4.12. The number of carbonyl (C=O) groups is 1. The highest BCUT2D eigenvalue weighted by atomic mass is 16.5. The number of anilines is 1. The van der Waals surface area contributed by atoms with E-state index in [4.69, 9.17) is 16.2 Å². The van der Waals surface area contributed by atoms with Gasteiger partial charge in [0.25, 0.3) is 5.91 Å². The first-order valence-electron chi connectivity index (χ1n) is 10.4. The van der Waals surface area contributed by atoms with Crippen LogP contribution in [0.4, 0.5) is 5.82 Å². The Morgan fingerprint density at radius 1 is 1.25 bits per heavy atom. The number of nitrogen functional groups attached to an aromatic ring is 1. The molecule has 11 heteroatoms. The van der Waals surface area contributed by atoms with Crippen molar-refractivity contribution >= 4 is 22.9 Å². The maximum absolute atomic E-state index is 13.3. The van der Waals surface area contributed by atoms with Gasteiger partial charge in [-0.15, -0.1) is 0 Å². The molecule has 4 rings (SSSR count). The Labute approximate surface area is 184 Å². The van der Waals surface area contributed by atoms with Crippen LogP contribution in [0.15, 0.2) is 36.9 Å². The quantitative estimate of drug-likeness (QED) is 0.424. The van der Waals surface area contributed by atoms with E-state index in [-0.39, 0.29) is 31.2 Å². The Balaban J connectivity index is 1.65. The van der Waals surface area contributed by atoms with Crippen LogP contribution in [0.3, 0.4) is 0 Å². The molecule has 3 atom stereocenters. The molecule has 1 fully saturated rings. The van der Waals surface area contributed by atoms with Crippen LogP contribution < -0.4 is 16.2 Å². The first kappa shape index (κ1) is 21.9. The van der Waals surface area contributed by atoms with Crippen LogP contribution in [0.1, 0.15) is 29.7 Å². The van der Waals surface area contributed by atoms with Gasteiger partial charge in [0.1, 0.15) is 24.2 Å². The molecule has 11 nitrogen and oxygen atoms in total. The number of fused-ring (bicyclic) bond motifs is 1. The second kappa shape index (κ2) is 8.69. The predicted molar refractivity (Wildman–Crippen MR) is 117 cm³/mol.